The first-order valence-electron chi connectivity index (χ1n) is 8.16. The molecule has 0 unspecified atom stereocenters. The Hall–Kier alpha value is -2.02. The number of fused-ring (bicyclic) bond motifs is 1. The normalized spacial score (nSPS) is 10.8. The van der Waals surface area contributed by atoms with E-state index in [1.54, 1.807) is 18.2 Å². The molecule has 3 N–H and O–H groups in total. The largest absolute Gasteiger partial charge is 0.350 e. The molecule has 0 atom stereocenters. The van der Waals surface area contributed by atoms with E-state index in [4.69, 9.17) is 23.2 Å². The highest BCUT2D eigenvalue weighted by Crippen LogP contribution is 2.29. The van der Waals surface area contributed by atoms with E-state index in [0.29, 0.717) is 15.4 Å². The van der Waals surface area contributed by atoms with Crippen LogP contribution in [0, 0.1) is 6.92 Å². The summed E-state index contributed by atoms with van der Waals surface area (Å²) >= 11 is 15.6. The number of aromatic amines is 1. The Morgan fingerprint density at radius 1 is 1.15 bits per heavy atom. The number of anilines is 1. The van der Waals surface area contributed by atoms with Crippen LogP contribution in [0.25, 0.3) is 10.9 Å². The van der Waals surface area contributed by atoms with Crippen molar-refractivity contribution in [3.8, 4) is 0 Å². The molecule has 2 aromatic carbocycles. The second-order valence-electron chi connectivity index (χ2n) is 6.02. The van der Waals surface area contributed by atoms with Gasteiger partial charge in [-0.15, -0.1) is 0 Å². The summed E-state index contributed by atoms with van der Waals surface area (Å²) in [5.41, 5.74) is 2.66. The number of rotatable bonds is 5. The fraction of sp³-hybridized carbons (Fsp3) is 0.158. The van der Waals surface area contributed by atoms with Crippen LogP contribution in [-0.4, -0.2) is 23.3 Å². The first-order valence-corrected chi connectivity index (χ1v) is 9.71. The number of aryl methyl sites for hydroxylation is 1. The predicted octanol–water partition coefficient (Wildman–Crippen LogP) is 5.30. The molecule has 0 aliphatic carbocycles. The maximum absolute atomic E-state index is 12.4. The monoisotopic (exact) mass is 467 g/mol. The number of hydrogen-bond donors (Lipinski definition) is 3. The summed E-state index contributed by atoms with van der Waals surface area (Å²) in [7, 11) is 0. The summed E-state index contributed by atoms with van der Waals surface area (Å²) in [6.45, 7) is 2.10. The molecule has 3 aromatic rings. The van der Waals surface area contributed by atoms with Gasteiger partial charge in [-0.05, 0) is 42.8 Å². The van der Waals surface area contributed by atoms with E-state index in [0.717, 1.165) is 21.2 Å². The molecule has 1 aromatic heterocycles. The van der Waals surface area contributed by atoms with Crippen molar-refractivity contribution in [3.63, 3.8) is 0 Å². The van der Waals surface area contributed by atoms with E-state index in [1.807, 2.05) is 25.1 Å². The molecule has 5 nitrogen and oxygen atoms in total. The molecule has 2 amide bonds. The number of amides is 2. The van der Waals surface area contributed by atoms with E-state index in [9.17, 15) is 9.59 Å². The summed E-state index contributed by atoms with van der Waals surface area (Å²) in [4.78, 5) is 27.4. The molecule has 0 fully saturated rings. The highest BCUT2D eigenvalue weighted by atomic mass is 79.9. The molecule has 0 aliphatic rings. The van der Waals surface area contributed by atoms with Gasteiger partial charge in [0, 0.05) is 39.1 Å². The number of benzene rings is 2. The molecule has 1 heterocycles. The van der Waals surface area contributed by atoms with E-state index in [-0.39, 0.29) is 30.5 Å². The predicted molar refractivity (Wildman–Crippen MR) is 113 cm³/mol. The fourth-order valence-electron chi connectivity index (χ4n) is 2.61. The van der Waals surface area contributed by atoms with Crippen molar-refractivity contribution >= 4 is 67.5 Å². The van der Waals surface area contributed by atoms with Gasteiger partial charge < -0.3 is 15.6 Å². The average Bonchev–Trinajstić information content (AvgIpc) is 2.94. The van der Waals surface area contributed by atoms with Gasteiger partial charge in [0.1, 0.15) is 5.69 Å². The molecule has 140 valence electrons. The van der Waals surface area contributed by atoms with Crippen molar-refractivity contribution in [2.75, 3.05) is 11.9 Å². The maximum atomic E-state index is 12.4. The third-order valence-corrected chi connectivity index (χ3v) is 5.16. The van der Waals surface area contributed by atoms with Crippen LogP contribution in [0.15, 0.2) is 40.9 Å². The van der Waals surface area contributed by atoms with Gasteiger partial charge in [-0.1, -0.05) is 45.2 Å². The van der Waals surface area contributed by atoms with E-state index in [2.05, 4.69) is 31.5 Å². The third-order valence-electron chi connectivity index (χ3n) is 4.04. The summed E-state index contributed by atoms with van der Waals surface area (Å²) in [5, 5.41) is 7.05. The molecule has 27 heavy (non-hydrogen) atoms. The minimum absolute atomic E-state index is 0.140. The van der Waals surface area contributed by atoms with Crippen LogP contribution in [0.3, 0.4) is 0 Å². The topological polar surface area (TPSA) is 74.0 Å². The molecular weight excluding hydrogens is 453 g/mol. The highest BCUT2D eigenvalue weighted by Gasteiger charge is 2.16. The van der Waals surface area contributed by atoms with Crippen LogP contribution in [-0.2, 0) is 4.79 Å². The molecule has 0 saturated heterocycles. The van der Waals surface area contributed by atoms with Gasteiger partial charge in [-0.25, -0.2) is 0 Å². The van der Waals surface area contributed by atoms with Crippen LogP contribution in [0.2, 0.25) is 10.0 Å². The van der Waals surface area contributed by atoms with E-state index in [1.165, 1.54) is 0 Å². The number of carbonyl (C=O) groups is 2. The second-order valence-corrected chi connectivity index (χ2v) is 7.75. The Morgan fingerprint density at radius 2 is 1.93 bits per heavy atom. The zero-order valence-electron chi connectivity index (χ0n) is 14.3. The van der Waals surface area contributed by atoms with E-state index < -0.39 is 0 Å². The Labute approximate surface area is 174 Å². The molecule has 0 radical (unpaired) electrons. The van der Waals surface area contributed by atoms with Crippen molar-refractivity contribution in [1.29, 1.82) is 0 Å². The van der Waals surface area contributed by atoms with Crippen LogP contribution in [0.4, 0.5) is 5.69 Å². The lowest BCUT2D eigenvalue weighted by Crippen LogP contribution is -2.28. The highest BCUT2D eigenvalue weighted by molar-refractivity contribution is 9.10. The Balaban J connectivity index is 1.59. The SMILES string of the molecule is Cc1ccc(Br)cc1NC(=O)CCNC(=O)c1[nH]c2ccc(Cl)cc2c1Cl. The van der Waals surface area contributed by atoms with Crippen molar-refractivity contribution in [2.24, 2.45) is 0 Å². The minimum Gasteiger partial charge on any atom is -0.350 e. The Morgan fingerprint density at radius 3 is 2.70 bits per heavy atom. The van der Waals surface area contributed by atoms with Gasteiger partial charge in [0.2, 0.25) is 5.91 Å². The zero-order chi connectivity index (χ0) is 19.6. The Bertz CT molecular complexity index is 1030. The maximum Gasteiger partial charge on any atom is 0.269 e. The summed E-state index contributed by atoms with van der Waals surface area (Å²) in [6.07, 6.45) is 0.140. The summed E-state index contributed by atoms with van der Waals surface area (Å²) < 4.78 is 0.880. The molecule has 3 rings (SSSR count). The first kappa shape index (κ1) is 19.7. The number of nitrogens with one attached hydrogen (secondary N) is 3. The number of carbonyl (C=O) groups excluding carboxylic acids is 2. The van der Waals surface area contributed by atoms with Gasteiger partial charge in [0.15, 0.2) is 0 Å². The number of aromatic nitrogens is 1. The van der Waals surface area contributed by atoms with E-state index >= 15 is 0 Å². The van der Waals surface area contributed by atoms with Crippen molar-refractivity contribution < 1.29 is 9.59 Å². The van der Waals surface area contributed by atoms with Gasteiger partial charge in [-0.2, -0.15) is 0 Å². The Kier molecular flexibility index (Phi) is 6.09. The quantitative estimate of drug-likeness (QED) is 0.475. The van der Waals surface area contributed by atoms with Crippen LogP contribution in [0.1, 0.15) is 22.5 Å². The smallest absolute Gasteiger partial charge is 0.269 e. The minimum atomic E-state index is -0.376. The molecule has 0 bridgehead atoms. The third kappa shape index (κ3) is 4.64. The van der Waals surface area contributed by atoms with Gasteiger partial charge in [0.25, 0.3) is 5.91 Å². The average molecular weight is 469 g/mol. The van der Waals surface area contributed by atoms with Crippen molar-refractivity contribution in [1.82, 2.24) is 10.3 Å². The van der Waals surface area contributed by atoms with Crippen LogP contribution in [0.5, 0.6) is 0 Å². The lowest BCUT2D eigenvalue weighted by atomic mass is 10.2. The second kappa shape index (κ2) is 8.33. The zero-order valence-corrected chi connectivity index (χ0v) is 17.4. The number of hydrogen-bond acceptors (Lipinski definition) is 2. The molecule has 0 aliphatic heterocycles. The standard InChI is InChI=1S/C19H16BrCl2N3O2/c1-10-2-3-11(20)8-15(10)24-16(26)6-7-23-19(27)18-17(22)13-9-12(21)4-5-14(13)25-18/h2-5,8-9,25H,6-7H2,1H3,(H,23,27)(H,24,26). The van der Waals surface area contributed by atoms with Crippen LogP contribution < -0.4 is 10.6 Å². The van der Waals surface area contributed by atoms with Crippen LogP contribution >= 0.6 is 39.1 Å². The lowest BCUT2D eigenvalue weighted by Gasteiger charge is -2.09. The summed E-state index contributed by atoms with van der Waals surface area (Å²) in [5.74, 6) is -0.565. The van der Waals surface area contributed by atoms with Crippen molar-refractivity contribution in [2.45, 2.75) is 13.3 Å². The molecule has 0 saturated carbocycles. The molecule has 8 heteroatoms. The van der Waals surface area contributed by atoms with Gasteiger partial charge in [0.05, 0.1) is 5.02 Å². The van der Waals surface area contributed by atoms with Gasteiger partial charge >= 0.3 is 0 Å². The lowest BCUT2D eigenvalue weighted by molar-refractivity contribution is -0.116. The molecular formula is C19H16BrCl2N3O2. The number of halogens is 3. The molecule has 0 spiro atoms. The summed E-state index contributed by atoms with van der Waals surface area (Å²) in [6, 6.07) is 10.8. The number of H-pyrrole nitrogens is 1. The van der Waals surface area contributed by atoms with Gasteiger partial charge in [-0.3, -0.25) is 9.59 Å². The fourth-order valence-corrected chi connectivity index (χ4v) is 3.43. The van der Waals surface area contributed by atoms with Crippen molar-refractivity contribution in [3.05, 3.63) is 62.2 Å². The first-order chi connectivity index (χ1) is 12.8.